The highest BCUT2D eigenvalue weighted by molar-refractivity contribution is 5.81. The van der Waals surface area contributed by atoms with Crippen molar-refractivity contribution in [1.29, 1.82) is 0 Å². The zero-order valence-electron chi connectivity index (χ0n) is 17.0. The van der Waals surface area contributed by atoms with Crippen LogP contribution in [0.2, 0.25) is 0 Å². The first kappa shape index (κ1) is 21.2. The van der Waals surface area contributed by atoms with Gasteiger partial charge in [-0.25, -0.2) is 4.39 Å². The number of carbonyl (C=O) groups is 1. The summed E-state index contributed by atoms with van der Waals surface area (Å²) in [7, 11) is 0. The van der Waals surface area contributed by atoms with Crippen molar-refractivity contribution in [2.45, 2.75) is 39.3 Å². The minimum atomic E-state index is -0.758. The van der Waals surface area contributed by atoms with Gasteiger partial charge in [0.1, 0.15) is 5.82 Å². The van der Waals surface area contributed by atoms with E-state index < -0.39 is 11.9 Å². The van der Waals surface area contributed by atoms with E-state index in [1.54, 1.807) is 0 Å². The molecule has 0 bridgehead atoms. The second kappa shape index (κ2) is 9.82. The maximum absolute atomic E-state index is 13.1. The maximum atomic E-state index is 13.1. The van der Waals surface area contributed by atoms with Gasteiger partial charge in [0.25, 0.3) is 11.5 Å². The molecule has 0 fully saturated rings. The molecule has 0 aliphatic heterocycles. The second-order valence-electron chi connectivity index (χ2n) is 6.80. The predicted octanol–water partition coefficient (Wildman–Crippen LogP) is 3.41. The van der Waals surface area contributed by atoms with Crippen molar-refractivity contribution in [3.63, 3.8) is 0 Å². The van der Waals surface area contributed by atoms with Crippen molar-refractivity contribution in [2.75, 3.05) is 0 Å². The van der Waals surface area contributed by atoms with Crippen LogP contribution in [0.25, 0.3) is 5.69 Å². The highest BCUT2D eigenvalue weighted by atomic mass is 19.1. The van der Waals surface area contributed by atoms with Crippen LogP contribution in [-0.4, -0.2) is 21.8 Å². The number of nitrogens with one attached hydrogen (secondary N) is 1. The molecule has 3 aromatic rings. The van der Waals surface area contributed by atoms with E-state index in [1.807, 2.05) is 31.2 Å². The Labute approximate surface area is 174 Å². The summed E-state index contributed by atoms with van der Waals surface area (Å²) in [6.07, 6.45) is 0.634. The summed E-state index contributed by atoms with van der Waals surface area (Å²) in [6.45, 7) is 4.31. The first-order valence-electron chi connectivity index (χ1n) is 9.88. The van der Waals surface area contributed by atoms with Crippen molar-refractivity contribution >= 4 is 5.91 Å². The number of rotatable bonds is 8. The molecular weight excluding hydrogens is 385 g/mol. The highest BCUT2D eigenvalue weighted by Crippen LogP contribution is 2.12. The number of hydrogen-bond donors (Lipinski definition) is 1. The number of ether oxygens (including phenoxy) is 1. The van der Waals surface area contributed by atoms with E-state index >= 15 is 0 Å². The Morgan fingerprint density at radius 2 is 1.70 bits per heavy atom. The lowest BCUT2D eigenvalue weighted by Gasteiger charge is -2.17. The fraction of sp³-hybridized carbons (Fsp3) is 0.261. The summed E-state index contributed by atoms with van der Waals surface area (Å²) < 4.78 is 20.0. The molecule has 1 N–H and O–H groups in total. The quantitative estimate of drug-likeness (QED) is 0.619. The van der Waals surface area contributed by atoms with Crippen LogP contribution < -0.4 is 15.6 Å². The largest absolute Gasteiger partial charge is 0.463 e. The third-order valence-corrected chi connectivity index (χ3v) is 4.67. The Morgan fingerprint density at radius 3 is 2.33 bits per heavy atom. The fourth-order valence-corrected chi connectivity index (χ4v) is 2.89. The normalized spacial score (nSPS) is 11.7. The molecule has 30 heavy (non-hydrogen) atoms. The van der Waals surface area contributed by atoms with E-state index in [0.29, 0.717) is 18.7 Å². The van der Waals surface area contributed by atoms with Crippen LogP contribution in [0.4, 0.5) is 4.39 Å². The van der Waals surface area contributed by atoms with Gasteiger partial charge in [-0.05, 0) is 48.2 Å². The van der Waals surface area contributed by atoms with Gasteiger partial charge in [0.2, 0.25) is 5.88 Å². The topological polar surface area (TPSA) is 73.2 Å². The summed E-state index contributed by atoms with van der Waals surface area (Å²) in [5.41, 5.74) is 2.25. The maximum Gasteiger partial charge on any atom is 0.271 e. The standard InChI is InChI=1S/C23H24FN3O3/c1-3-16-5-7-17(8-6-16)15-25-23(29)20(4-2)30-21-13-14-22(28)27(26-21)19-11-9-18(24)10-12-19/h5-14,20H,3-4,15H2,1-2H3,(H,25,29)/t20-/m1/s1. The summed E-state index contributed by atoms with van der Waals surface area (Å²) in [4.78, 5) is 24.7. The van der Waals surface area contributed by atoms with Gasteiger partial charge in [-0.2, -0.15) is 4.68 Å². The van der Waals surface area contributed by atoms with Crippen LogP contribution >= 0.6 is 0 Å². The number of aryl methyl sites for hydroxylation is 1. The van der Waals surface area contributed by atoms with Gasteiger partial charge < -0.3 is 10.1 Å². The van der Waals surface area contributed by atoms with Gasteiger partial charge >= 0.3 is 0 Å². The van der Waals surface area contributed by atoms with Gasteiger partial charge in [-0.15, -0.1) is 5.10 Å². The molecule has 6 nitrogen and oxygen atoms in total. The second-order valence-corrected chi connectivity index (χ2v) is 6.80. The van der Waals surface area contributed by atoms with Crippen LogP contribution in [-0.2, 0) is 17.8 Å². The lowest BCUT2D eigenvalue weighted by atomic mass is 10.1. The fourth-order valence-electron chi connectivity index (χ4n) is 2.89. The molecule has 7 heteroatoms. The monoisotopic (exact) mass is 409 g/mol. The lowest BCUT2D eigenvalue weighted by Crippen LogP contribution is -2.38. The van der Waals surface area contributed by atoms with E-state index in [-0.39, 0.29) is 17.3 Å². The van der Waals surface area contributed by atoms with Crippen molar-refractivity contribution in [1.82, 2.24) is 15.1 Å². The third kappa shape index (κ3) is 5.31. The van der Waals surface area contributed by atoms with Crippen molar-refractivity contribution < 1.29 is 13.9 Å². The number of amides is 1. The van der Waals surface area contributed by atoms with Crippen LogP contribution in [0.1, 0.15) is 31.4 Å². The third-order valence-electron chi connectivity index (χ3n) is 4.67. The van der Waals surface area contributed by atoms with Gasteiger partial charge in [0.15, 0.2) is 6.10 Å². The molecule has 2 aromatic carbocycles. The smallest absolute Gasteiger partial charge is 0.271 e. The van der Waals surface area contributed by atoms with E-state index in [4.69, 9.17) is 4.74 Å². The van der Waals surface area contributed by atoms with E-state index in [1.165, 1.54) is 42.0 Å². The first-order chi connectivity index (χ1) is 14.5. The predicted molar refractivity (Wildman–Crippen MR) is 112 cm³/mol. The van der Waals surface area contributed by atoms with Crippen LogP contribution in [0.5, 0.6) is 5.88 Å². The molecule has 156 valence electrons. The molecule has 0 aliphatic carbocycles. The molecule has 0 unspecified atom stereocenters. The molecule has 0 spiro atoms. The summed E-state index contributed by atoms with van der Waals surface area (Å²) in [5, 5.41) is 7.03. The summed E-state index contributed by atoms with van der Waals surface area (Å²) >= 11 is 0. The van der Waals surface area contributed by atoms with Crippen molar-refractivity contribution in [3.05, 3.63) is 88.0 Å². The number of nitrogens with zero attached hydrogens (tertiary/aromatic N) is 2. The Hall–Kier alpha value is -3.48. The Balaban J connectivity index is 1.68. The molecule has 0 aliphatic rings. The number of aromatic nitrogens is 2. The zero-order chi connectivity index (χ0) is 21.5. The van der Waals surface area contributed by atoms with Crippen LogP contribution in [0.3, 0.4) is 0 Å². The molecule has 1 amide bonds. The van der Waals surface area contributed by atoms with Crippen molar-refractivity contribution in [2.24, 2.45) is 0 Å². The van der Waals surface area contributed by atoms with E-state index in [2.05, 4.69) is 17.3 Å². The molecule has 0 radical (unpaired) electrons. The molecule has 3 rings (SSSR count). The Kier molecular flexibility index (Phi) is 6.95. The number of hydrogen-bond acceptors (Lipinski definition) is 4. The Morgan fingerprint density at radius 1 is 1.03 bits per heavy atom. The molecule has 1 aromatic heterocycles. The molecular formula is C23H24FN3O3. The Bertz CT molecular complexity index is 1050. The zero-order valence-corrected chi connectivity index (χ0v) is 17.0. The minimum Gasteiger partial charge on any atom is -0.463 e. The summed E-state index contributed by atoms with van der Waals surface area (Å²) in [6, 6.07) is 16.1. The van der Waals surface area contributed by atoms with Crippen LogP contribution in [0, 0.1) is 5.82 Å². The average Bonchev–Trinajstić information content (AvgIpc) is 2.78. The van der Waals surface area contributed by atoms with Crippen molar-refractivity contribution in [3.8, 4) is 11.6 Å². The van der Waals surface area contributed by atoms with E-state index in [0.717, 1.165) is 16.7 Å². The number of benzene rings is 2. The first-order valence-corrected chi connectivity index (χ1v) is 9.88. The number of carbonyl (C=O) groups excluding carboxylic acids is 1. The van der Waals surface area contributed by atoms with Gasteiger partial charge in [0.05, 0.1) is 5.69 Å². The number of halogens is 1. The van der Waals surface area contributed by atoms with Gasteiger partial charge in [-0.1, -0.05) is 38.1 Å². The van der Waals surface area contributed by atoms with Gasteiger partial charge in [0, 0.05) is 18.7 Å². The molecule has 1 heterocycles. The SMILES string of the molecule is CCc1ccc(CNC(=O)[C@@H](CC)Oc2ccc(=O)n(-c3ccc(F)cc3)n2)cc1. The molecule has 0 saturated heterocycles. The minimum absolute atomic E-state index is 0.133. The molecule has 0 saturated carbocycles. The lowest BCUT2D eigenvalue weighted by molar-refractivity contribution is -0.128. The average molecular weight is 409 g/mol. The summed E-state index contributed by atoms with van der Waals surface area (Å²) in [5.74, 6) is -0.544. The van der Waals surface area contributed by atoms with E-state index in [9.17, 15) is 14.0 Å². The highest BCUT2D eigenvalue weighted by Gasteiger charge is 2.19. The molecule has 1 atom stereocenters. The van der Waals surface area contributed by atoms with Gasteiger partial charge in [-0.3, -0.25) is 9.59 Å². The van der Waals surface area contributed by atoms with Crippen LogP contribution in [0.15, 0.2) is 65.5 Å².